The summed E-state index contributed by atoms with van der Waals surface area (Å²) in [6, 6.07) is 7.89. The van der Waals surface area contributed by atoms with E-state index in [1.807, 2.05) is 20.8 Å². The number of ether oxygens (including phenoxy) is 2. The molecule has 0 aliphatic carbocycles. The van der Waals surface area contributed by atoms with Gasteiger partial charge in [0, 0.05) is 13.1 Å². The average Bonchev–Trinajstić information content (AvgIpc) is 3.28. The highest BCUT2D eigenvalue weighted by molar-refractivity contribution is 7.89. The minimum atomic E-state index is -3.67. The third kappa shape index (κ3) is 5.99. The van der Waals surface area contributed by atoms with Crippen LogP contribution in [-0.2, 0) is 19.6 Å². The van der Waals surface area contributed by atoms with Crippen molar-refractivity contribution in [1.29, 1.82) is 0 Å². The van der Waals surface area contributed by atoms with Crippen LogP contribution in [0.2, 0.25) is 0 Å². The quantitative estimate of drug-likeness (QED) is 0.602. The summed E-state index contributed by atoms with van der Waals surface area (Å²) in [5.41, 5.74) is 0.434. The number of furan rings is 1. The Morgan fingerprint density at radius 1 is 1.19 bits per heavy atom. The lowest BCUT2D eigenvalue weighted by atomic mass is 10.2. The largest absolute Gasteiger partial charge is 0.489 e. The Balaban J connectivity index is 1.74. The van der Waals surface area contributed by atoms with Gasteiger partial charge in [-0.3, -0.25) is 4.79 Å². The Labute approximate surface area is 182 Å². The van der Waals surface area contributed by atoms with E-state index < -0.39 is 10.0 Å². The number of sulfonamides is 1. The molecule has 1 fully saturated rings. The van der Waals surface area contributed by atoms with Crippen molar-refractivity contribution < 1.29 is 27.1 Å². The number of nitrogens with zero attached hydrogens (tertiary/aromatic N) is 1. The Morgan fingerprint density at radius 2 is 1.94 bits per heavy atom. The van der Waals surface area contributed by atoms with Crippen molar-refractivity contribution in [2.45, 2.75) is 37.8 Å². The SMILES string of the molecule is CC(C)Oc1ccc(S(=O)(=O)N2CCOCC2)cc1NCC(=O)NC(C)c1ccco1. The van der Waals surface area contributed by atoms with Gasteiger partial charge in [-0.05, 0) is 51.1 Å². The molecule has 2 aromatic rings. The number of hydrogen-bond donors (Lipinski definition) is 2. The number of hydrogen-bond acceptors (Lipinski definition) is 7. The van der Waals surface area contributed by atoms with Crippen molar-refractivity contribution in [1.82, 2.24) is 9.62 Å². The second kappa shape index (κ2) is 10.2. The van der Waals surface area contributed by atoms with Crippen LogP contribution in [0.3, 0.4) is 0 Å². The third-order valence-electron chi connectivity index (χ3n) is 4.71. The normalized spacial score (nSPS) is 16.1. The molecule has 0 spiro atoms. The standard InChI is InChI=1S/C21H29N3O6S/c1-15(2)30-20-7-6-17(31(26,27)24-8-11-28-12-9-24)13-18(20)22-14-21(25)23-16(3)19-5-4-10-29-19/h4-7,10,13,15-16,22H,8-9,11-12,14H2,1-3H3,(H,23,25). The van der Waals surface area contributed by atoms with E-state index in [0.717, 1.165) is 0 Å². The highest BCUT2D eigenvalue weighted by Crippen LogP contribution is 2.30. The number of carbonyl (C=O) groups is 1. The summed E-state index contributed by atoms with van der Waals surface area (Å²) in [4.78, 5) is 12.5. The zero-order valence-corrected chi connectivity index (χ0v) is 18.8. The summed E-state index contributed by atoms with van der Waals surface area (Å²) in [5, 5.41) is 5.84. The van der Waals surface area contributed by atoms with E-state index in [1.165, 1.54) is 16.4 Å². The lowest BCUT2D eigenvalue weighted by Crippen LogP contribution is -2.40. The molecule has 1 aromatic carbocycles. The Hall–Kier alpha value is -2.56. The number of carbonyl (C=O) groups excluding carboxylic acids is 1. The molecule has 0 bridgehead atoms. The van der Waals surface area contributed by atoms with Gasteiger partial charge in [0.05, 0.1) is 48.8 Å². The van der Waals surface area contributed by atoms with Gasteiger partial charge < -0.3 is 24.5 Å². The zero-order chi connectivity index (χ0) is 22.4. The average molecular weight is 452 g/mol. The predicted octanol–water partition coefficient (Wildman–Crippen LogP) is 2.38. The van der Waals surface area contributed by atoms with Crippen molar-refractivity contribution in [3.8, 4) is 5.75 Å². The van der Waals surface area contributed by atoms with Crippen LogP contribution in [0, 0.1) is 0 Å². The molecule has 10 heteroatoms. The number of nitrogens with one attached hydrogen (secondary N) is 2. The van der Waals surface area contributed by atoms with Gasteiger partial charge in [-0.25, -0.2) is 8.42 Å². The van der Waals surface area contributed by atoms with Crippen LogP contribution in [0.15, 0.2) is 45.9 Å². The molecule has 1 atom stereocenters. The maximum atomic E-state index is 13.0. The number of benzene rings is 1. The molecule has 3 rings (SSSR count). The third-order valence-corrected chi connectivity index (χ3v) is 6.60. The molecule has 1 amide bonds. The highest BCUT2D eigenvalue weighted by Gasteiger charge is 2.27. The van der Waals surface area contributed by atoms with Gasteiger partial charge in [0.2, 0.25) is 15.9 Å². The van der Waals surface area contributed by atoms with E-state index >= 15 is 0 Å². The predicted molar refractivity (Wildman–Crippen MR) is 116 cm³/mol. The van der Waals surface area contributed by atoms with Crippen LogP contribution in [0.4, 0.5) is 5.69 Å². The molecule has 0 radical (unpaired) electrons. The van der Waals surface area contributed by atoms with Crippen LogP contribution < -0.4 is 15.4 Å². The fourth-order valence-corrected chi connectivity index (χ4v) is 4.61. The number of morpholine rings is 1. The van der Waals surface area contributed by atoms with Crippen molar-refractivity contribution in [3.05, 3.63) is 42.4 Å². The summed E-state index contributed by atoms with van der Waals surface area (Å²) in [7, 11) is -3.67. The number of anilines is 1. The smallest absolute Gasteiger partial charge is 0.243 e. The van der Waals surface area contributed by atoms with Gasteiger partial charge in [0.15, 0.2) is 0 Å². The van der Waals surface area contributed by atoms with Gasteiger partial charge in [-0.2, -0.15) is 4.31 Å². The summed E-state index contributed by atoms with van der Waals surface area (Å²) in [6.45, 7) is 6.87. The molecule has 2 heterocycles. The molecule has 0 saturated carbocycles. The second-order valence-electron chi connectivity index (χ2n) is 7.50. The van der Waals surface area contributed by atoms with E-state index in [4.69, 9.17) is 13.9 Å². The van der Waals surface area contributed by atoms with Crippen molar-refractivity contribution in [2.75, 3.05) is 38.2 Å². The van der Waals surface area contributed by atoms with Crippen LogP contribution in [0.1, 0.15) is 32.6 Å². The molecule has 1 unspecified atom stereocenters. The second-order valence-corrected chi connectivity index (χ2v) is 9.44. The molecular formula is C21H29N3O6S. The number of rotatable bonds is 9. The Morgan fingerprint density at radius 3 is 2.58 bits per heavy atom. The highest BCUT2D eigenvalue weighted by atomic mass is 32.2. The van der Waals surface area contributed by atoms with E-state index in [0.29, 0.717) is 43.5 Å². The monoisotopic (exact) mass is 451 g/mol. The number of amides is 1. The van der Waals surface area contributed by atoms with Crippen LogP contribution in [-0.4, -0.2) is 57.6 Å². The first-order valence-electron chi connectivity index (χ1n) is 10.2. The molecule has 9 nitrogen and oxygen atoms in total. The first-order chi connectivity index (χ1) is 14.8. The Kier molecular flexibility index (Phi) is 7.58. The minimum absolute atomic E-state index is 0.0550. The van der Waals surface area contributed by atoms with Crippen LogP contribution in [0.25, 0.3) is 0 Å². The first kappa shape index (κ1) is 23.1. The van der Waals surface area contributed by atoms with E-state index in [-0.39, 0.29) is 29.5 Å². The van der Waals surface area contributed by atoms with Crippen molar-refractivity contribution >= 4 is 21.6 Å². The van der Waals surface area contributed by atoms with Gasteiger partial charge in [0.1, 0.15) is 11.5 Å². The zero-order valence-electron chi connectivity index (χ0n) is 18.0. The molecule has 1 saturated heterocycles. The fraction of sp³-hybridized carbons (Fsp3) is 0.476. The summed E-state index contributed by atoms with van der Waals surface area (Å²) < 4.78 is 43.7. The summed E-state index contributed by atoms with van der Waals surface area (Å²) in [6.07, 6.45) is 1.43. The van der Waals surface area contributed by atoms with Gasteiger partial charge in [0.25, 0.3) is 0 Å². The van der Waals surface area contributed by atoms with E-state index in [2.05, 4.69) is 10.6 Å². The molecule has 170 valence electrons. The van der Waals surface area contributed by atoms with E-state index in [1.54, 1.807) is 24.5 Å². The van der Waals surface area contributed by atoms with E-state index in [9.17, 15) is 13.2 Å². The summed E-state index contributed by atoms with van der Waals surface area (Å²) >= 11 is 0. The van der Waals surface area contributed by atoms with Gasteiger partial charge in [-0.1, -0.05) is 0 Å². The lowest BCUT2D eigenvalue weighted by Gasteiger charge is -2.26. The van der Waals surface area contributed by atoms with Crippen molar-refractivity contribution in [2.24, 2.45) is 0 Å². The topological polar surface area (TPSA) is 110 Å². The maximum Gasteiger partial charge on any atom is 0.243 e. The lowest BCUT2D eigenvalue weighted by molar-refractivity contribution is -0.120. The molecule has 31 heavy (non-hydrogen) atoms. The Bertz CT molecular complexity index is 969. The van der Waals surface area contributed by atoms with Crippen LogP contribution >= 0.6 is 0 Å². The first-order valence-corrected chi connectivity index (χ1v) is 11.7. The maximum absolute atomic E-state index is 13.0. The minimum Gasteiger partial charge on any atom is -0.489 e. The molecule has 1 aliphatic rings. The van der Waals surface area contributed by atoms with Gasteiger partial charge in [-0.15, -0.1) is 0 Å². The molecular weight excluding hydrogens is 422 g/mol. The van der Waals surface area contributed by atoms with Crippen LogP contribution in [0.5, 0.6) is 5.75 Å². The molecule has 1 aromatic heterocycles. The summed E-state index contributed by atoms with van der Waals surface area (Å²) in [5.74, 6) is 0.861. The van der Waals surface area contributed by atoms with Crippen molar-refractivity contribution in [3.63, 3.8) is 0 Å². The fourth-order valence-electron chi connectivity index (χ4n) is 3.18. The molecule has 1 aliphatic heterocycles. The van der Waals surface area contributed by atoms with Gasteiger partial charge >= 0.3 is 0 Å². The molecule has 2 N–H and O–H groups in total.